The first-order valence-corrected chi connectivity index (χ1v) is 11.4. The number of esters is 1. The summed E-state index contributed by atoms with van der Waals surface area (Å²) in [5.41, 5.74) is 2.36. The maximum absolute atomic E-state index is 13.4. The summed E-state index contributed by atoms with van der Waals surface area (Å²) in [4.78, 5) is 38.8. The second-order valence-corrected chi connectivity index (χ2v) is 10.0. The number of nitrogens with one attached hydrogen (secondary N) is 2. The smallest absolute Gasteiger partial charge is 0.339 e. The van der Waals surface area contributed by atoms with E-state index in [1.54, 1.807) is 31.2 Å². The first-order valence-electron chi connectivity index (χ1n) is 10.6. The molecule has 2 aromatic rings. The van der Waals surface area contributed by atoms with Crippen molar-refractivity contribution in [3.63, 3.8) is 0 Å². The topological polar surface area (TPSA) is 84.5 Å². The maximum atomic E-state index is 13.4. The maximum Gasteiger partial charge on any atom is 0.339 e. The average molecular weight is 443 g/mol. The van der Waals surface area contributed by atoms with Crippen molar-refractivity contribution in [2.24, 2.45) is 11.3 Å². The lowest BCUT2D eigenvalue weighted by Gasteiger charge is -2.33. The number of carbonyl (C=O) groups excluding carboxylic acids is 3. The molecule has 1 aliphatic rings. The Hall–Kier alpha value is -2.67. The van der Waals surface area contributed by atoms with Gasteiger partial charge in [0.2, 0.25) is 5.91 Å². The van der Waals surface area contributed by atoms with Crippen LogP contribution >= 0.6 is 11.3 Å². The van der Waals surface area contributed by atoms with Crippen molar-refractivity contribution in [2.45, 2.75) is 53.4 Å². The van der Waals surface area contributed by atoms with Gasteiger partial charge in [0.25, 0.3) is 5.91 Å². The van der Waals surface area contributed by atoms with Gasteiger partial charge in [-0.3, -0.25) is 9.59 Å². The summed E-state index contributed by atoms with van der Waals surface area (Å²) in [6, 6.07) is 6.74. The molecule has 3 rings (SSSR count). The second kappa shape index (κ2) is 9.22. The van der Waals surface area contributed by atoms with Crippen molar-refractivity contribution in [1.29, 1.82) is 0 Å². The number of anilines is 2. The van der Waals surface area contributed by atoms with Crippen LogP contribution in [0.2, 0.25) is 0 Å². The van der Waals surface area contributed by atoms with E-state index >= 15 is 0 Å². The Morgan fingerprint density at radius 3 is 2.52 bits per heavy atom. The molecule has 2 amide bonds. The third kappa shape index (κ3) is 4.98. The van der Waals surface area contributed by atoms with Gasteiger partial charge < -0.3 is 15.4 Å². The number of rotatable bonds is 5. The fraction of sp³-hybridized carbons (Fsp3) is 0.458. The fourth-order valence-electron chi connectivity index (χ4n) is 3.93. The lowest BCUT2D eigenvalue weighted by atomic mass is 9.72. The number of benzene rings is 1. The van der Waals surface area contributed by atoms with Gasteiger partial charge in [0, 0.05) is 11.3 Å². The van der Waals surface area contributed by atoms with Crippen LogP contribution in [0.4, 0.5) is 10.7 Å². The molecular weight excluding hydrogens is 412 g/mol. The molecule has 0 radical (unpaired) electrons. The summed E-state index contributed by atoms with van der Waals surface area (Å²) in [6.07, 6.45) is 3.01. The fourth-order valence-corrected chi connectivity index (χ4v) is 5.27. The number of methoxy groups -OCH3 is 1. The van der Waals surface area contributed by atoms with Crippen molar-refractivity contribution in [3.8, 4) is 0 Å². The van der Waals surface area contributed by atoms with Gasteiger partial charge in [-0.2, -0.15) is 0 Å². The van der Waals surface area contributed by atoms with Gasteiger partial charge in [-0.05, 0) is 48.3 Å². The molecule has 0 spiro atoms. The van der Waals surface area contributed by atoms with Gasteiger partial charge >= 0.3 is 5.97 Å². The lowest BCUT2D eigenvalue weighted by molar-refractivity contribution is -0.115. The van der Waals surface area contributed by atoms with Crippen molar-refractivity contribution < 1.29 is 19.1 Å². The summed E-state index contributed by atoms with van der Waals surface area (Å²) in [6.45, 7) is 8.51. The minimum Gasteiger partial charge on any atom is -0.465 e. The molecule has 0 saturated heterocycles. The number of ether oxygens (including phenoxy) is 1. The Bertz CT molecular complexity index is 1000. The molecule has 1 atom stereocenters. The highest BCUT2D eigenvalue weighted by molar-refractivity contribution is 7.17. The molecule has 1 aromatic carbocycles. The molecule has 1 unspecified atom stereocenters. The molecule has 0 aliphatic heterocycles. The Kier molecular flexibility index (Phi) is 6.84. The van der Waals surface area contributed by atoms with Gasteiger partial charge in [-0.1, -0.05) is 39.8 Å². The van der Waals surface area contributed by atoms with Gasteiger partial charge in [0.05, 0.1) is 23.9 Å². The van der Waals surface area contributed by atoms with E-state index in [9.17, 15) is 14.4 Å². The Balaban J connectivity index is 1.98. The van der Waals surface area contributed by atoms with Crippen molar-refractivity contribution >= 4 is 39.8 Å². The largest absolute Gasteiger partial charge is 0.465 e. The van der Waals surface area contributed by atoms with E-state index in [4.69, 9.17) is 4.74 Å². The van der Waals surface area contributed by atoms with Crippen LogP contribution in [-0.4, -0.2) is 24.9 Å². The van der Waals surface area contributed by atoms with Gasteiger partial charge in [0.1, 0.15) is 5.00 Å². The summed E-state index contributed by atoms with van der Waals surface area (Å²) < 4.78 is 4.83. The molecule has 7 heteroatoms. The Morgan fingerprint density at radius 2 is 1.87 bits per heavy atom. The number of hydrogen-bond acceptors (Lipinski definition) is 5. The zero-order valence-electron chi connectivity index (χ0n) is 18.8. The average Bonchev–Trinajstić information content (AvgIpc) is 3.09. The number of thiophene rings is 1. The zero-order chi connectivity index (χ0) is 22.8. The first kappa shape index (κ1) is 23.0. The van der Waals surface area contributed by atoms with E-state index in [0.717, 1.165) is 29.7 Å². The highest BCUT2D eigenvalue weighted by Crippen LogP contribution is 2.44. The van der Waals surface area contributed by atoms with E-state index < -0.39 is 5.97 Å². The number of carbonyl (C=O) groups is 3. The second-order valence-electron chi connectivity index (χ2n) is 8.91. The molecular formula is C24H30N2O4S. The molecule has 0 fully saturated rings. The predicted octanol–water partition coefficient (Wildman–Crippen LogP) is 5.29. The molecule has 0 bridgehead atoms. The quantitative estimate of drug-likeness (QED) is 0.617. The first-order chi connectivity index (χ1) is 14.7. The third-order valence-electron chi connectivity index (χ3n) is 5.87. The molecule has 1 aliphatic carbocycles. The SMILES string of the molecule is CCC(=O)Nc1sc2c(c1C(=O)Nc1ccccc1C(=O)OC)CCC(C(C)(C)C)C2. The van der Waals surface area contributed by atoms with Crippen LogP contribution in [0.3, 0.4) is 0 Å². The monoisotopic (exact) mass is 442 g/mol. The molecule has 2 N–H and O–H groups in total. The normalized spacial score (nSPS) is 15.7. The van der Waals surface area contributed by atoms with Crippen molar-refractivity contribution in [1.82, 2.24) is 0 Å². The number of amides is 2. The van der Waals surface area contributed by atoms with Crippen LogP contribution < -0.4 is 10.6 Å². The van der Waals surface area contributed by atoms with Crippen LogP contribution in [0.5, 0.6) is 0 Å². The highest BCUT2D eigenvalue weighted by Gasteiger charge is 2.34. The summed E-state index contributed by atoms with van der Waals surface area (Å²) in [7, 11) is 1.31. The van der Waals surface area contributed by atoms with E-state index in [1.165, 1.54) is 18.4 Å². The van der Waals surface area contributed by atoms with Gasteiger partial charge in [0.15, 0.2) is 0 Å². The number of para-hydroxylation sites is 1. The van der Waals surface area contributed by atoms with E-state index in [-0.39, 0.29) is 22.8 Å². The molecule has 0 saturated carbocycles. The third-order valence-corrected chi connectivity index (χ3v) is 7.04. The number of fused-ring (bicyclic) bond motifs is 1. The summed E-state index contributed by atoms with van der Waals surface area (Å²) >= 11 is 1.50. The lowest BCUT2D eigenvalue weighted by Crippen LogP contribution is -2.27. The minimum atomic E-state index is -0.518. The number of hydrogen-bond donors (Lipinski definition) is 2. The molecule has 6 nitrogen and oxygen atoms in total. The predicted molar refractivity (Wildman–Crippen MR) is 124 cm³/mol. The molecule has 1 heterocycles. The van der Waals surface area contributed by atoms with Gasteiger partial charge in [-0.25, -0.2) is 4.79 Å². The van der Waals surface area contributed by atoms with E-state index in [2.05, 4.69) is 31.4 Å². The van der Waals surface area contributed by atoms with Crippen LogP contribution in [-0.2, 0) is 22.4 Å². The molecule has 1 aromatic heterocycles. The summed E-state index contributed by atoms with van der Waals surface area (Å²) in [5.74, 6) is -0.454. The van der Waals surface area contributed by atoms with Crippen LogP contribution in [0.15, 0.2) is 24.3 Å². The summed E-state index contributed by atoms with van der Waals surface area (Å²) in [5, 5.41) is 6.36. The van der Waals surface area contributed by atoms with Gasteiger partial charge in [-0.15, -0.1) is 11.3 Å². The van der Waals surface area contributed by atoms with E-state index in [0.29, 0.717) is 28.6 Å². The standard InChI is InChI=1S/C24H30N2O4S/c1-6-19(27)26-22-20(16-12-11-14(24(2,3)4)13-18(16)31-22)21(28)25-17-10-8-7-9-15(17)23(29)30-5/h7-10,14H,6,11-13H2,1-5H3,(H,25,28)(H,26,27). The Labute approximate surface area is 187 Å². The van der Waals surface area contributed by atoms with Crippen molar-refractivity contribution in [3.05, 3.63) is 45.8 Å². The Morgan fingerprint density at radius 1 is 1.16 bits per heavy atom. The van der Waals surface area contributed by atoms with Crippen LogP contribution in [0, 0.1) is 11.3 Å². The highest BCUT2D eigenvalue weighted by atomic mass is 32.1. The van der Waals surface area contributed by atoms with E-state index in [1.807, 2.05) is 0 Å². The molecule has 31 heavy (non-hydrogen) atoms. The van der Waals surface area contributed by atoms with Crippen molar-refractivity contribution in [2.75, 3.05) is 17.7 Å². The van der Waals surface area contributed by atoms with Crippen LogP contribution in [0.25, 0.3) is 0 Å². The molecule has 166 valence electrons. The van der Waals surface area contributed by atoms with Crippen LogP contribution in [0.1, 0.15) is 71.7 Å². The zero-order valence-corrected chi connectivity index (χ0v) is 19.6. The minimum absolute atomic E-state index is 0.130.